The number of carbonyl (C=O) groups excluding carboxylic acids is 2. The Kier molecular flexibility index (Phi) is 10.2. The molecule has 3 N–H and O–H groups in total. The van der Waals surface area contributed by atoms with Crippen LogP contribution >= 0.6 is 0 Å². The molecule has 1 aliphatic heterocycles. The molecule has 2 fully saturated rings. The lowest BCUT2D eigenvalue weighted by Gasteiger charge is -2.30. The van der Waals surface area contributed by atoms with Gasteiger partial charge in [-0.15, -0.1) is 0 Å². The summed E-state index contributed by atoms with van der Waals surface area (Å²) in [6.45, 7) is 12.6. The monoisotopic (exact) mass is 468 g/mol. The summed E-state index contributed by atoms with van der Waals surface area (Å²) < 4.78 is 0. The van der Waals surface area contributed by atoms with Crippen molar-refractivity contribution in [1.29, 1.82) is 0 Å². The number of carbonyl (C=O) groups is 2. The average molecular weight is 469 g/mol. The number of nitrogens with zero attached hydrogens (tertiary/aromatic N) is 2. The van der Waals surface area contributed by atoms with Gasteiger partial charge in [0, 0.05) is 37.1 Å². The van der Waals surface area contributed by atoms with Gasteiger partial charge in [-0.05, 0) is 56.0 Å². The van der Waals surface area contributed by atoms with Gasteiger partial charge in [0.1, 0.15) is 12.3 Å². The van der Waals surface area contributed by atoms with Crippen LogP contribution in [0.25, 0.3) is 0 Å². The van der Waals surface area contributed by atoms with Gasteiger partial charge in [0.25, 0.3) is 0 Å². The van der Waals surface area contributed by atoms with Gasteiger partial charge in [-0.25, -0.2) is 0 Å². The maximum Gasteiger partial charge on any atom is 0.247 e. The van der Waals surface area contributed by atoms with Crippen LogP contribution in [0.5, 0.6) is 0 Å². The zero-order valence-corrected chi connectivity index (χ0v) is 21.1. The van der Waals surface area contributed by atoms with Gasteiger partial charge in [-0.2, -0.15) is 0 Å². The van der Waals surface area contributed by atoms with Gasteiger partial charge in [0.15, 0.2) is 0 Å². The van der Waals surface area contributed by atoms with E-state index in [-0.39, 0.29) is 23.5 Å². The number of likely N-dealkylation sites (N-methyl/N-ethyl adjacent to an activating group) is 1. The highest BCUT2D eigenvalue weighted by Gasteiger charge is 2.31. The Morgan fingerprint density at radius 3 is 2.35 bits per heavy atom. The Morgan fingerprint density at radius 2 is 1.94 bits per heavy atom. The molecule has 1 amide bonds. The number of β-amino-alcohol motifs (C(OH)–C–C–N with tert-alkyl or cyclic N) is 1. The molecule has 3 rings (SSSR count). The van der Waals surface area contributed by atoms with Crippen molar-refractivity contribution in [2.24, 2.45) is 4.99 Å². The van der Waals surface area contributed by atoms with E-state index in [1.807, 2.05) is 31.0 Å². The van der Waals surface area contributed by atoms with Crippen molar-refractivity contribution in [3.05, 3.63) is 53.8 Å². The number of benzene rings is 1. The van der Waals surface area contributed by atoms with Crippen molar-refractivity contribution in [3.8, 4) is 0 Å². The summed E-state index contributed by atoms with van der Waals surface area (Å²) in [7, 11) is 1.95. The van der Waals surface area contributed by atoms with Crippen molar-refractivity contribution in [3.63, 3.8) is 0 Å². The van der Waals surface area contributed by atoms with E-state index in [0.717, 1.165) is 30.4 Å². The van der Waals surface area contributed by atoms with Crippen LogP contribution in [0, 0.1) is 0 Å². The summed E-state index contributed by atoms with van der Waals surface area (Å²) in [6, 6.07) is 8.17. The fourth-order valence-corrected chi connectivity index (χ4v) is 3.76. The number of aliphatic hydroxyl groups is 1. The Balaban J connectivity index is 0.000000430. The number of allylic oxidation sites excluding steroid dienone is 1. The summed E-state index contributed by atoms with van der Waals surface area (Å²) in [4.78, 5) is 28.8. The highest BCUT2D eigenvalue weighted by molar-refractivity contribution is 5.89. The molecule has 7 nitrogen and oxygen atoms in total. The first-order valence-corrected chi connectivity index (χ1v) is 11.9. The number of hydrogen-bond donors (Lipinski definition) is 3. The second kappa shape index (κ2) is 12.6. The molecule has 7 heteroatoms. The van der Waals surface area contributed by atoms with E-state index in [9.17, 15) is 9.59 Å². The number of aliphatic imine (C=N–C) groups is 1. The SMILES string of the molecule is C=N/C=C(\C=C/C)C(C(=O)NC1CC1)N(C)c1ccc(C(C)(C)C)cc1.O=CC1CC(O)CN1. The Labute approximate surface area is 204 Å². The predicted octanol–water partition coefficient (Wildman–Crippen LogP) is 3.14. The molecule has 186 valence electrons. The number of rotatable bonds is 8. The molecule has 1 aromatic carbocycles. The van der Waals surface area contributed by atoms with Crippen molar-refractivity contribution < 1.29 is 14.7 Å². The topological polar surface area (TPSA) is 94.0 Å². The van der Waals surface area contributed by atoms with Crippen LogP contribution < -0.4 is 15.5 Å². The van der Waals surface area contributed by atoms with E-state index in [0.29, 0.717) is 19.0 Å². The number of hydrogen-bond acceptors (Lipinski definition) is 6. The van der Waals surface area contributed by atoms with Gasteiger partial charge >= 0.3 is 0 Å². The second-order valence-electron chi connectivity index (χ2n) is 9.95. The molecule has 3 unspecified atom stereocenters. The fraction of sp³-hybridized carbons (Fsp3) is 0.519. The smallest absolute Gasteiger partial charge is 0.247 e. The van der Waals surface area contributed by atoms with Crippen molar-refractivity contribution >= 4 is 24.6 Å². The quantitative estimate of drug-likeness (QED) is 0.310. The van der Waals surface area contributed by atoms with Gasteiger partial charge in [0.05, 0.1) is 12.1 Å². The first-order valence-electron chi connectivity index (χ1n) is 11.9. The summed E-state index contributed by atoms with van der Waals surface area (Å²) >= 11 is 0. The van der Waals surface area contributed by atoms with Crippen molar-refractivity contribution in [2.75, 3.05) is 18.5 Å². The second-order valence-corrected chi connectivity index (χ2v) is 9.95. The summed E-state index contributed by atoms with van der Waals surface area (Å²) in [5.74, 6) is 0.00268. The number of anilines is 1. The molecule has 0 bridgehead atoms. The first kappa shape index (κ1) is 27.5. The van der Waals surface area contributed by atoms with Gasteiger partial charge in [0.2, 0.25) is 5.91 Å². The van der Waals surface area contributed by atoms with Crippen LogP contribution in [0.15, 0.2) is 53.2 Å². The molecule has 34 heavy (non-hydrogen) atoms. The normalized spacial score (nSPS) is 21.4. The third-order valence-corrected chi connectivity index (χ3v) is 5.92. The van der Waals surface area contributed by atoms with Crippen LogP contribution in [0.2, 0.25) is 0 Å². The van der Waals surface area contributed by atoms with E-state index < -0.39 is 6.04 Å². The molecular weight excluding hydrogens is 428 g/mol. The van der Waals surface area contributed by atoms with Gasteiger partial charge < -0.3 is 25.4 Å². The number of aliphatic hydroxyl groups excluding tert-OH is 1. The standard InChI is InChI=1S/C22H31N3O.C5H9NO2/c1-7-8-16(15-23-5)20(21(26)24-18-11-12-18)25(6)19-13-9-17(10-14-19)22(2,3)4;7-3-4-1-5(8)2-6-4/h7-10,13-15,18,20H,5,11-12H2,1-4,6H3,(H,24,26);3-6,8H,1-2H2/b8-7-,16-15+;. The third kappa shape index (κ3) is 8.22. The first-order chi connectivity index (χ1) is 16.1. The van der Waals surface area contributed by atoms with E-state index in [4.69, 9.17) is 5.11 Å². The molecule has 1 saturated heterocycles. The minimum atomic E-state index is -0.446. The Bertz CT molecular complexity index is 882. The van der Waals surface area contributed by atoms with E-state index in [2.05, 4.69) is 67.4 Å². The Morgan fingerprint density at radius 1 is 1.29 bits per heavy atom. The minimum Gasteiger partial charge on any atom is -0.392 e. The van der Waals surface area contributed by atoms with Crippen LogP contribution in [0.1, 0.15) is 52.5 Å². The number of nitrogens with one attached hydrogen (secondary N) is 2. The van der Waals surface area contributed by atoms with Crippen LogP contribution in [-0.2, 0) is 15.0 Å². The number of amides is 1. The molecule has 0 aromatic heterocycles. The zero-order chi connectivity index (χ0) is 25.3. The highest BCUT2D eigenvalue weighted by atomic mass is 16.3. The highest BCUT2D eigenvalue weighted by Crippen LogP contribution is 2.27. The molecule has 1 heterocycles. The zero-order valence-electron chi connectivity index (χ0n) is 21.1. The lowest BCUT2D eigenvalue weighted by Crippen LogP contribution is -2.47. The van der Waals surface area contributed by atoms with E-state index in [1.54, 1.807) is 6.20 Å². The molecule has 1 aliphatic carbocycles. The lowest BCUT2D eigenvalue weighted by molar-refractivity contribution is -0.121. The molecule has 1 saturated carbocycles. The summed E-state index contributed by atoms with van der Waals surface area (Å²) in [6.07, 6.45) is 8.72. The summed E-state index contributed by atoms with van der Waals surface area (Å²) in [5, 5.41) is 14.8. The molecule has 0 radical (unpaired) electrons. The number of aldehydes is 1. The molecular formula is C27H40N4O3. The maximum absolute atomic E-state index is 12.9. The minimum absolute atomic E-state index is 0.00268. The van der Waals surface area contributed by atoms with Crippen molar-refractivity contribution in [2.45, 2.75) is 76.6 Å². The maximum atomic E-state index is 12.9. The van der Waals surface area contributed by atoms with Gasteiger partial charge in [-0.3, -0.25) is 9.79 Å². The average Bonchev–Trinajstić information content (AvgIpc) is 3.50. The van der Waals surface area contributed by atoms with Crippen LogP contribution in [0.4, 0.5) is 5.69 Å². The summed E-state index contributed by atoms with van der Waals surface area (Å²) in [5.41, 5.74) is 3.19. The molecule has 0 spiro atoms. The largest absolute Gasteiger partial charge is 0.392 e. The fourth-order valence-electron chi connectivity index (χ4n) is 3.76. The predicted molar refractivity (Wildman–Crippen MR) is 139 cm³/mol. The van der Waals surface area contributed by atoms with E-state index in [1.165, 1.54) is 5.56 Å². The molecule has 2 aliphatic rings. The molecule has 1 aromatic rings. The Hall–Kier alpha value is -2.77. The van der Waals surface area contributed by atoms with Crippen LogP contribution in [-0.4, -0.2) is 61.8 Å². The van der Waals surface area contributed by atoms with Crippen molar-refractivity contribution in [1.82, 2.24) is 10.6 Å². The lowest BCUT2D eigenvalue weighted by atomic mass is 9.87. The molecule has 3 atom stereocenters. The van der Waals surface area contributed by atoms with Crippen LogP contribution in [0.3, 0.4) is 0 Å². The third-order valence-electron chi connectivity index (χ3n) is 5.92. The van der Waals surface area contributed by atoms with E-state index >= 15 is 0 Å². The van der Waals surface area contributed by atoms with Gasteiger partial charge in [-0.1, -0.05) is 45.1 Å².